The highest BCUT2D eigenvalue weighted by Gasteiger charge is 2.12. The van der Waals surface area contributed by atoms with Gasteiger partial charge in [-0.25, -0.2) is 9.37 Å². The van der Waals surface area contributed by atoms with Crippen LogP contribution in [0.1, 0.15) is 23.8 Å². The van der Waals surface area contributed by atoms with Crippen molar-refractivity contribution in [3.8, 4) is 5.75 Å². The number of carbonyl (C=O) groups excluding carboxylic acids is 1. The fraction of sp³-hybridized carbons (Fsp3) is 0.231. The summed E-state index contributed by atoms with van der Waals surface area (Å²) < 4.78 is 18.6. The summed E-state index contributed by atoms with van der Waals surface area (Å²) in [4.78, 5) is 15.8. The van der Waals surface area contributed by atoms with Crippen LogP contribution < -0.4 is 10.1 Å². The Morgan fingerprint density at radius 3 is 3.05 bits per heavy atom. The SMILES string of the molecule is CCCOc1cc(F)ccc1NC(=O)c1cscn1. The molecule has 0 saturated heterocycles. The zero-order valence-electron chi connectivity index (χ0n) is 10.4. The maximum Gasteiger partial charge on any atom is 0.275 e. The van der Waals surface area contributed by atoms with Crippen LogP contribution in [0.2, 0.25) is 0 Å². The number of halogens is 1. The average Bonchev–Trinajstić information content (AvgIpc) is 2.93. The van der Waals surface area contributed by atoms with Crippen molar-refractivity contribution < 1.29 is 13.9 Å². The van der Waals surface area contributed by atoms with Gasteiger partial charge in [-0.1, -0.05) is 6.92 Å². The molecule has 0 saturated carbocycles. The lowest BCUT2D eigenvalue weighted by molar-refractivity contribution is 0.102. The highest BCUT2D eigenvalue weighted by Crippen LogP contribution is 2.26. The summed E-state index contributed by atoms with van der Waals surface area (Å²) >= 11 is 1.34. The Morgan fingerprint density at radius 2 is 2.37 bits per heavy atom. The van der Waals surface area contributed by atoms with E-state index in [-0.39, 0.29) is 5.91 Å². The molecule has 1 N–H and O–H groups in total. The molecule has 0 unspecified atom stereocenters. The van der Waals surface area contributed by atoms with E-state index in [1.807, 2.05) is 6.92 Å². The zero-order chi connectivity index (χ0) is 13.7. The van der Waals surface area contributed by atoms with Crippen LogP contribution in [-0.4, -0.2) is 17.5 Å². The number of nitrogens with one attached hydrogen (secondary N) is 1. The van der Waals surface area contributed by atoms with E-state index in [1.165, 1.54) is 29.5 Å². The number of benzene rings is 1. The highest BCUT2D eigenvalue weighted by molar-refractivity contribution is 7.07. The molecule has 100 valence electrons. The topological polar surface area (TPSA) is 51.2 Å². The van der Waals surface area contributed by atoms with Crippen LogP contribution in [0.15, 0.2) is 29.1 Å². The van der Waals surface area contributed by atoms with Crippen LogP contribution >= 0.6 is 11.3 Å². The Labute approximate surface area is 114 Å². The third-order valence-corrected chi connectivity index (χ3v) is 2.90. The summed E-state index contributed by atoms with van der Waals surface area (Å²) in [5.74, 6) is -0.419. The van der Waals surface area contributed by atoms with Gasteiger partial charge in [0.25, 0.3) is 5.91 Å². The highest BCUT2D eigenvalue weighted by atomic mass is 32.1. The van der Waals surface area contributed by atoms with E-state index in [0.29, 0.717) is 23.7 Å². The first kappa shape index (κ1) is 13.5. The number of carbonyl (C=O) groups is 1. The Bertz CT molecular complexity index is 558. The van der Waals surface area contributed by atoms with Crippen LogP contribution in [0.5, 0.6) is 5.75 Å². The van der Waals surface area contributed by atoms with Gasteiger partial charge in [0, 0.05) is 11.4 Å². The molecule has 0 aliphatic carbocycles. The van der Waals surface area contributed by atoms with Gasteiger partial charge in [-0.15, -0.1) is 11.3 Å². The van der Waals surface area contributed by atoms with Crippen molar-refractivity contribution in [3.63, 3.8) is 0 Å². The van der Waals surface area contributed by atoms with Gasteiger partial charge in [0.2, 0.25) is 0 Å². The number of ether oxygens (including phenoxy) is 1. The molecule has 1 aromatic carbocycles. The lowest BCUT2D eigenvalue weighted by atomic mass is 10.2. The summed E-state index contributed by atoms with van der Waals surface area (Å²) in [6, 6.07) is 4.01. The van der Waals surface area contributed by atoms with Gasteiger partial charge >= 0.3 is 0 Å². The van der Waals surface area contributed by atoms with Gasteiger partial charge in [0.15, 0.2) is 0 Å². The maximum absolute atomic E-state index is 13.2. The van der Waals surface area contributed by atoms with Crippen LogP contribution in [0.4, 0.5) is 10.1 Å². The molecule has 0 fully saturated rings. The first-order chi connectivity index (χ1) is 9.20. The van der Waals surface area contributed by atoms with Crippen LogP contribution in [0.25, 0.3) is 0 Å². The molecular formula is C13H13FN2O2S. The maximum atomic E-state index is 13.2. The molecule has 0 bridgehead atoms. The molecule has 2 rings (SSSR count). The van der Waals surface area contributed by atoms with Crippen molar-refractivity contribution in [3.05, 3.63) is 40.6 Å². The molecule has 0 radical (unpaired) electrons. The third kappa shape index (κ3) is 3.51. The number of nitrogens with zero attached hydrogens (tertiary/aromatic N) is 1. The van der Waals surface area contributed by atoms with Gasteiger partial charge in [-0.05, 0) is 18.6 Å². The Kier molecular flexibility index (Phi) is 4.46. The molecule has 0 spiro atoms. The molecule has 0 aliphatic heterocycles. The number of rotatable bonds is 5. The first-order valence-electron chi connectivity index (χ1n) is 5.82. The second-order valence-electron chi connectivity index (χ2n) is 3.82. The number of aromatic nitrogens is 1. The van der Waals surface area contributed by atoms with Crippen molar-refractivity contribution in [2.24, 2.45) is 0 Å². The lowest BCUT2D eigenvalue weighted by Gasteiger charge is -2.11. The second-order valence-corrected chi connectivity index (χ2v) is 4.54. The Balaban J connectivity index is 2.17. The molecular weight excluding hydrogens is 267 g/mol. The van der Waals surface area contributed by atoms with E-state index in [9.17, 15) is 9.18 Å². The number of hydrogen-bond acceptors (Lipinski definition) is 4. The van der Waals surface area contributed by atoms with Crippen molar-refractivity contribution in [2.75, 3.05) is 11.9 Å². The minimum Gasteiger partial charge on any atom is -0.491 e. The number of hydrogen-bond donors (Lipinski definition) is 1. The molecule has 6 heteroatoms. The molecule has 0 atom stereocenters. The normalized spacial score (nSPS) is 10.2. The standard InChI is InChI=1S/C13H13FN2O2S/c1-2-5-18-12-6-9(14)3-4-10(12)16-13(17)11-7-19-8-15-11/h3-4,6-8H,2,5H2,1H3,(H,16,17). The number of amides is 1. The number of thiazole rings is 1. The van der Waals surface area contributed by atoms with E-state index < -0.39 is 5.82 Å². The van der Waals surface area contributed by atoms with Gasteiger partial charge in [-0.2, -0.15) is 0 Å². The molecule has 1 heterocycles. The molecule has 2 aromatic rings. The molecule has 4 nitrogen and oxygen atoms in total. The van der Waals surface area contributed by atoms with E-state index >= 15 is 0 Å². The van der Waals surface area contributed by atoms with Crippen molar-refractivity contribution in [1.29, 1.82) is 0 Å². The van der Waals surface area contributed by atoms with E-state index in [0.717, 1.165) is 6.42 Å². The van der Waals surface area contributed by atoms with Crippen LogP contribution in [0.3, 0.4) is 0 Å². The van der Waals surface area contributed by atoms with Gasteiger partial charge < -0.3 is 10.1 Å². The fourth-order valence-electron chi connectivity index (χ4n) is 1.44. The Morgan fingerprint density at radius 1 is 1.53 bits per heavy atom. The zero-order valence-corrected chi connectivity index (χ0v) is 11.2. The first-order valence-corrected chi connectivity index (χ1v) is 6.77. The summed E-state index contributed by atoms with van der Waals surface area (Å²) in [5, 5.41) is 4.31. The molecule has 0 aliphatic rings. The van der Waals surface area contributed by atoms with Gasteiger partial charge in [0.1, 0.15) is 17.3 Å². The summed E-state index contributed by atoms with van der Waals surface area (Å²) in [5.41, 5.74) is 2.34. The average molecular weight is 280 g/mol. The third-order valence-electron chi connectivity index (χ3n) is 2.32. The molecule has 1 amide bonds. The van der Waals surface area contributed by atoms with Crippen molar-refractivity contribution in [1.82, 2.24) is 4.98 Å². The quantitative estimate of drug-likeness (QED) is 0.914. The second kappa shape index (κ2) is 6.29. The van der Waals surface area contributed by atoms with Crippen LogP contribution in [-0.2, 0) is 0 Å². The summed E-state index contributed by atoms with van der Waals surface area (Å²) in [7, 11) is 0. The monoisotopic (exact) mass is 280 g/mol. The van der Waals surface area contributed by atoms with Gasteiger partial charge in [-0.3, -0.25) is 4.79 Å². The minimum atomic E-state index is -0.405. The Hall–Kier alpha value is -1.95. The minimum absolute atomic E-state index is 0.324. The largest absolute Gasteiger partial charge is 0.491 e. The van der Waals surface area contributed by atoms with E-state index in [4.69, 9.17) is 4.74 Å². The smallest absolute Gasteiger partial charge is 0.275 e. The van der Waals surface area contributed by atoms with E-state index in [2.05, 4.69) is 10.3 Å². The molecule has 19 heavy (non-hydrogen) atoms. The number of anilines is 1. The summed E-state index contributed by atoms with van der Waals surface area (Å²) in [6.07, 6.45) is 0.802. The van der Waals surface area contributed by atoms with Crippen molar-refractivity contribution in [2.45, 2.75) is 13.3 Å². The van der Waals surface area contributed by atoms with Crippen LogP contribution in [0, 0.1) is 5.82 Å². The van der Waals surface area contributed by atoms with E-state index in [1.54, 1.807) is 10.9 Å². The van der Waals surface area contributed by atoms with Crippen molar-refractivity contribution >= 4 is 22.9 Å². The van der Waals surface area contributed by atoms with Gasteiger partial charge in [0.05, 0.1) is 17.8 Å². The predicted molar refractivity (Wildman–Crippen MR) is 72.3 cm³/mol. The molecule has 1 aromatic heterocycles. The summed E-state index contributed by atoms with van der Waals surface area (Å²) in [6.45, 7) is 2.41. The predicted octanol–water partition coefficient (Wildman–Crippen LogP) is 3.32. The lowest BCUT2D eigenvalue weighted by Crippen LogP contribution is -2.13. The fourth-order valence-corrected chi connectivity index (χ4v) is 1.97.